The van der Waals surface area contributed by atoms with Gasteiger partial charge >= 0.3 is 0 Å². The Morgan fingerprint density at radius 1 is 1.33 bits per heavy atom. The molecule has 0 saturated carbocycles. The summed E-state index contributed by atoms with van der Waals surface area (Å²) in [5, 5.41) is 5.41. The minimum atomic E-state index is -0.168. The molecule has 1 aromatic carbocycles. The molecule has 0 fully saturated rings. The molecule has 7 heteroatoms. The summed E-state index contributed by atoms with van der Waals surface area (Å²) >= 11 is 1.40. The Hall–Kier alpha value is -2.25. The molecule has 0 saturated heterocycles. The molecule has 0 atom stereocenters. The Morgan fingerprint density at radius 3 is 2.83 bits per heavy atom. The smallest absolute Gasteiger partial charge is 0.270 e. The number of para-hydroxylation sites is 2. The van der Waals surface area contributed by atoms with Gasteiger partial charge in [0.25, 0.3) is 5.91 Å². The van der Waals surface area contributed by atoms with Gasteiger partial charge in [-0.3, -0.25) is 4.79 Å². The average molecular weight is 343 g/mol. The second kappa shape index (κ2) is 7.11. The van der Waals surface area contributed by atoms with Gasteiger partial charge in [-0.15, -0.1) is 11.3 Å². The van der Waals surface area contributed by atoms with Crippen LogP contribution in [-0.4, -0.2) is 27.0 Å². The van der Waals surface area contributed by atoms with Crippen LogP contribution in [0.15, 0.2) is 29.6 Å². The summed E-state index contributed by atoms with van der Waals surface area (Å²) in [6.45, 7) is 5.15. The molecule has 0 aliphatic carbocycles. The zero-order valence-corrected chi connectivity index (χ0v) is 14.6. The number of carbonyl (C=O) groups is 1. The highest BCUT2D eigenvalue weighted by molar-refractivity contribution is 7.09. The van der Waals surface area contributed by atoms with Crippen molar-refractivity contribution >= 4 is 28.3 Å². The van der Waals surface area contributed by atoms with Gasteiger partial charge < -0.3 is 15.6 Å². The van der Waals surface area contributed by atoms with Crippen molar-refractivity contribution in [1.82, 2.24) is 19.9 Å². The molecule has 0 aliphatic heterocycles. The summed E-state index contributed by atoms with van der Waals surface area (Å²) in [5.41, 5.74) is 8.07. The molecule has 126 valence electrons. The maximum absolute atomic E-state index is 12.1. The Labute approximate surface area is 144 Å². The summed E-state index contributed by atoms with van der Waals surface area (Å²) in [4.78, 5) is 21.0. The molecule has 0 bridgehead atoms. The molecule has 6 nitrogen and oxygen atoms in total. The van der Waals surface area contributed by atoms with Crippen LogP contribution in [-0.2, 0) is 13.0 Å². The van der Waals surface area contributed by atoms with Gasteiger partial charge in [0.05, 0.1) is 11.0 Å². The largest absolute Gasteiger partial charge is 0.350 e. The highest BCUT2D eigenvalue weighted by atomic mass is 32.1. The lowest BCUT2D eigenvalue weighted by Crippen LogP contribution is -2.27. The first kappa shape index (κ1) is 16.6. The van der Waals surface area contributed by atoms with Gasteiger partial charge in [-0.1, -0.05) is 12.1 Å². The molecule has 0 spiro atoms. The predicted molar refractivity (Wildman–Crippen MR) is 96.2 cm³/mol. The predicted octanol–water partition coefficient (Wildman–Crippen LogP) is 2.50. The first-order chi connectivity index (χ1) is 11.6. The molecule has 3 aromatic rings. The van der Waals surface area contributed by atoms with E-state index in [1.807, 2.05) is 18.2 Å². The number of nitrogens with two attached hydrogens (primary N) is 1. The van der Waals surface area contributed by atoms with Crippen molar-refractivity contribution in [3.63, 3.8) is 0 Å². The number of amides is 1. The maximum Gasteiger partial charge on any atom is 0.270 e. The van der Waals surface area contributed by atoms with Crippen LogP contribution in [0.25, 0.3) is 11.0 Å². The van der Waals surface area contributed by atoms with Crippen molar-refractivity contribution in [3.8, 4) is 0 Å². The fraction of sp³-hybridized carbons (Fsp3) is 0.353. The maximum atomic E-state index is 12.1. The molecule has 1 amide bonds. The van der Waals surface area contributed by atoms with Crippen LogP contribution < -0.4 is 11.1 Å². The number of fused-ring (bicyclic) bond motifs is 1. The van der Waals surface area contributed by atoms with Gasteiger partial charge in [-0.05, 0) is 26.0 Å². The zero-order chi connectivity index (χ0) is 17.1. The molecule has 2 heterocycles. The van der Waals surface area contributed by atoms with Gasteiger partial charge in [0.2, 0.25) is 0 Å². The SMILES string of the molecule is CC(C)n1c(CCNC(=O)c2csc(CN)n2)nc2ccccc21. The van der Waals surface area contributed by atoms with E-state index in [1.165, 1.54) is 11.3 Å². The van der Waals surface area contributed by atoms with Crippen LogP contribution in [0.3, 0.4) is 0 Å². The number of imidazole rings is 1. The third-order valence-electron chi connectivity index (χ3n) is 3.78. The summed E-state index contributed by atoms with van der Waals surface area (Å²) < 4.78 is 2.22. The zero-order valence-electron chi connectivity index (χ0n) is 13.8. The first-order valence-corrected chi connectivity index (χ1v) is 8.86. The quantitative estimate of drug-likeness (QED) is 0.720. The third-order valence-corrected chi connectivity index (χ3v) is 4.65. The van der Waals surface area contributed by atoms with Crippen molar-refractivity contribution in [3.05, 3.63) is 46.2 Å². The number of carbonyl (C=O) groups excluding carboxylic acids is 1. The molecule has 3 N–H and O–H groups in total. The number of nitrogens with zero attached hydrogens (tertiary/aromatic N) is 3. The normalized spacial score (nSPS) is 11.3. The number of rotatable bonds is 6. The average Bonchev–Trinajstić information content (AvgIpc) is 3.18. The fourth-order valence-corrected chi connectivity index (χ4v) is 3.39. The van der Waals surface area contributed by atoms with Crippen LogP contribution in [0.2, 0.25) is 0 Å². The lowest BCUT2D eigenvalue weighted by atomic mass is 10.3. The number of aromatic nitrogens is 3. The van der Waals surface area contributed by atoms with E-state index in [9.17, 15) is 4.79 Å². The van der Waals surface area contributed by atoms with Crippen molar-refractivity contribution in [2.45, 2.75) is 32.9 Å². The van der Waals surface area contributed by atoms with E-state index in [1.54, 1.807) is 5.38 Å². The van der Waals surface area contributed by atoms with E-state index in [-0.39, 0.29) is 5.91 Å². The first-order valence-electron chi connectivity index (χ1n) is 7.98. The number of hydrogen-bond acceptors (Lipinski definition) is 5. The molecule has 24 heavy (non-hydrogen) atoms. The Balaban J connectivity index is 1.69. The van der Waals surface area contributed by atoms with Gasteiger partial charge in [-0.25, -0.2) is 9.97 Å². The minimum Gasteiger partial charge on any atom is -0.350 e. The Kier molecular flexibility index (Phi) is 4.92. The van der Waals surface area contributed by atoms with Crippen molar-refractivity contribution in [2.75, 3.05) is 6.54 Å². The van der Waals surface area contributed by atoms with E-state index in [4.69, 9.17) is 10.7 Å². The van der Waals surface area contributed by atoms with E-state index in [0.717, 1.165) is 21.9 Å². The van der Waals surface area contributed by atoms with E-state index in [0.29, 0.717) is 31.2 Å². The van der Waals surface area contributed by atoms with E-state index < -0.39 is 0 Å². The number of hydrogen-bond donors (Lipinski definition) is 2. The molecular formula is C17H21N5OS. The van der Waals surface area contributed by atoms with Gasteiger partial charge in [0.15, 0.2) is 0 Å². The van der Waals surface area contributed by atoms with Crippen molar-refractivity contribution in [2.24, 2.45) is 5.73 Å². The highest BCUT2D eigenvalue weighted by Crippen LogP contribution is 2.21. The van der Waals surface area contributed by atoms with Gasteiger partial charge in [-0.2, -0.15) is 0 Å². The van der Waals surface area contributed by atoms with Crippen molar-refractivity contribution in [1.29, 1.82) is 0 Å². The Morgan fingerprint density at radius 2 is 2.12 bits per heavy atom. The van der Waals surface area contributed by atoms with Crippen LogP contribution in [0.4, 0.5) is 0 Å². The molecule has 2 aromatic heterocycles. The second-order valence-electron chi connectivity index (χ2n) is 5.82. The number of benzene rings is 1. The summed E-state index contributed by atoms with van der Waals surface area (Å²) in [6.07, 6.45) is 0.673. The molecule has 0 unspecified atom stereocenters. The lowest BCUT2D eigenvalue weighted by molar-refractivity contribution is 0.0949. The molecule has 3 rings (SSSR count). The van der Waals surface area contributed by atoms with Crippen LogP contribution in [0, 0.1) is 0 Å². The highest BCUT2D eigenvalue weighted by Gasteiger charge is 2.14. The standard InChI is InChI=1S/C17H21N5OS/c1-11(2)22-14-6-4-3-5-12(14)20-15(22)7-8-19-17(23)13-10-24-16(9-18)21-13/h3-6,10-11H,7-9,18H2,1-2H3,(H,19,23). The van der Waals surface area contributed by atoms with Crippen LogP contribution >= 0.6 is 11.3 Å². The minimum absolute atomic E-state index is 0.168. The third kappa shape index (κ3) is 3.32. The number of nitrogens with one attached hydrogen (secondary N) is 1. The fourth-order valence-electron chi connectivity index (χ4n) is 2.73. The second-order valence-corrected chi connectivity index (χ2v) is 6.76. The van der Waals surface area contributed by atoms with E-state index >= 15 is 0 Å². The van der Waals surface area contributed by atoms with Crippen molar-refractivity contribution < 1.29 is 4.79 Å². The molecule has 0 aliphatic rings. The van der Waals surface area contributed by atoms with Crippen LogP contribution in [0.1, 0.15) is 41.2 Å². The summed E-state index contributed by atoms with van der Waals surface area (Å²) in [6, 6.07) is 8.41. The van der Waals surface area contributed by atoms with Gasteiger partial charge in [0, 0.05) is 30.9 Å². The topological polar surface area (TPSA) is 85.8 Å². The monoisotopic (exact) mass is 343 g/mol. The van der Waals surface area contributed by atoms with E-state index in [2.05, 4.69) is 34.8 Å². The summed E-state index contributed by atoms with van der Waals surface area (Å²) in [7, 11) is 0. The lowest BCUT2D eigenvalue weighted by Gasteiger charge is -2.13. The molecular weight excluding hydrogens is 322 g/mol. The Bertz CT molecular complexity index is 852. The number of thiazole rings is 1. The summed E-state index contributed by atoms with van der Waals surface area (Å²) in [5.74, 6) is 0.811. The van der Waals surface area contributed by atoms with Gasteiger partial charge in [0.1, 0.15) is 16.5 Å². The van der Waals surface area contributed by atoms with Crippen LogP contribution in [0.5, 0.6) is 0 Å². The molecule has 0 radical (unpaired) electrons.